The number of aliphatic hydroxyl groups is 4. The number of allylic oxidation sites excluding steroid dienone is 2. The molecule has 4 spiro atoms. The van der Waals surface area contributed by atoms with Crippen molar-refractivity contribution in [2.24, 2.45) is 0 Å². The van der Waals surface area contributed by atoms with E-state index in [0.717, 1.165) is 72.1 Å². The third-order valence-corrected chi connectivity index (χ3v) is 44.9. The fourth-order valence-corrected chi connectivity index (χ4v) is 39.1. The van der Waals surface area contributed by atoms with Crippen molar-refractivity contribution >= 4 is 217 Å². The van der Waals surface area contributed by atoms with Crippen LogP contribution in [0.25, 0.3) is 10.9 Å². The maximum atomic E-state index is 14.4. The lowest BCUT2D eigenvalue weighted by molar-refractivity contribution is -0.168. The van der Waals surface area contributed by atoms with Crippen LogP contribution >= 0.6 is 130 Å². The molecule has 23 aliphatic heterocycles. The smallest absolute Gasteiger partial charge is 0.265 e. The first kappa shape index (κ1) is 78.9. The van der Waals surface area contributed by atoms with Crippen molar-refractivity contribution in [3.63, 3.8) is 0 Å². The predicted octanol–water partition coefficient (Wildman–Crippen LogP) is 3.64. The number of fused-ring (bicyclic) bond motifs is 19. The quantitative estimate of drug-likeness (QED) is 0.143. The van der Waals surface area contributed by atoms with Crippen molar-refractivity contribution in [1.82, 2.24) is 63.4 Å². The number of aliphatic hydroxyl groups excluding tert-OH is 4. The number of nitrogens with one attached hydrogen (secondary N) is 1. The Morgan fingerprint density at radius 3 is 1.55 bits per heavy atom. The fraction of sp³-hybridized carbons (Fsp3) is 0.514. The lowest BCUT2D eigenvalue weighted by Crippen LogP contribution is -2.77. The molecule has 112 heavy (non-hydrogen) atoms. The highest BCUT2D eigenvalue weighted by molar-refractivity contribution is 8.79. The van der Waals surface area contributed by atoms with Gasteiger partial charge in [-0.25, -0.2) is 0 Å². The average Bonchev–Trinajstić information content (AvgIpc) is 1.47. The van der Waals surface area contributed by atoms with Crippen molar-refractivity contribution in [3.05, 3.63) is 115 Å². The molecule has 22 fully saturated rings. The molecule has 22 saturated heterocycles. The highest BCUT2D eigenvalue weighted by Gasteiger charge is 2.80. The van der Waals surface area contributed by atoms with Crippen molar-refractivity contribution in [2.45, 2.75) is 129 Å². The molecule has 594 valence electrons. The first-order chi connectivity index (χ1) is 53.5. The predicted molar refractivity (Wildman–Crippen MR) is 438 cm³/mol. The van der Waals surface area contributed by atoms with Gasteiger partial charge >= 0.3 is 0 Å². The Bertz CT molecular complexity index is 4700. The molecule has 42 heteroatoms. The van der Waals surface area contributed by atoms with Crippen LogP contribution in [-0.2, 0) is 69.5 Å². The molecular weight excluding hydrogens is 1680 g/mol. The normalized spacial score (nSPS) is 38.0. The first-order valence-corrected chi connectivity index (χ1v) is 48.9. The van der Waals surface area contributed by atoms with Gasteiger partial charge in [0, 0.05) is 116 Å². The molecule has 1 aliphatic carbocycles. The van der Waals surface area contributed by atoms with Crippen LogP contribution in [0.3, 0.4) is 0 Å². The third kappa shape index (κ3) is 10.2. The van der Waals surface area contributed by atoms with E-state index in [-0.39, 0.29) is 94.5 Å². The lowest BCUT2D eigenvalue weighted by Gasteiger charge is -2.58. The number of hydrogen-bond acceptors (Lipinski definition) is 29. The molecule has 30 nitrogen and oxygen atoms in total. The van der Waals surface area contributed by atoms with E-state index in [9.17, 15) is 78.0 Å². The lowest BCUT2D eigenvalue weighted by atomic mass is 9.86. The van der Waals surface area contributed by atoms with Crippen molar-refractivity contribution in [1.29, 1.82) is 0 Å². The van der Waals surface area contributed by atoms with Gasteiger partial charge in [-0.2, -0.15) is 0 Å². The SMILES string of the molecule is C=CCN1C(=O)C2SSC1C(=O)N2CC=C.CN1C(=O)C2(Cc3cn(C45CC67SSC(CO)(C(=O)N6C4Nc4ccccc45)N(C)C7=O)c4ccccc34)SSC1(CO)C(=O)N2C.CN1C(=O)C23CC4=CC=CC(O)C4N2C(=O)C1(CO)SS3.CN1C(=O)C2SSC1C(=O)N2C.O=C1N2CCCC23SSC12CCCN2C3=O. The molecule has 16 atom stereocenters. The summed E-state index contributed by atoms with van der Waals surface area (Å²) in [6, 6.07) is 15.3. The summed E-state index contributed by atoms with van der Waals surface area (Å²) >= 11 is 0. The van der Waals surface area contributed by atoms with Gasteiger partial charge in [0.1, 0.15) is 11.7 Å². The summed E-state index contributed by atoms with van der Waals surface area (Å²) in [6.07, 6.45) is 13.6. The zero-order valence-corrected chi connectivity index (χ0v) is 70.6. The van der Waals surface area contributed by atoms with Crippen molar-refractivity contribution in [3.8, 4) is 0 Å². The average molecular weight is 1750 g/mol. The molecule has 12 bridgehead atoms. The Morgan fingerprint density at radius 2 is 0.982 bits per heavy atom. The topological polar surface area (TPSA) is 342 Å². The minimum absolute atomic E-state index is 0.00454. The highest BCUT2D eigenvalue weighted by atomic mass is 33.1. The van der Waals surface area contributed by atoms with E-state index in [4.69, 9.17) is 0 Å². The molecule has 24 aliphatic rings. The van der Waals surface area contributed by atoms with E-state index >= 15 is 0 Å². The minimum Gasteiger partial charge on any atom is -0.392 e. The second kappa shape index (κ2) is 27.8. The molecule has 16 unspecified atom stereocenters. The number of amides is 12. The first-order valence-electron chi connectivity index (χ1n) is 35.8. The van der Waals surface area contributed by atoms with Gasteiger partial charge in [-0.05, 0) is 81.3 Å². The van der Waals surface area contributed by atoms with Crippen LogP contribution < -0.4 is 5.32 Å². The van der Waals surface area contributed by atoms with E-state index in [2.05, 4.69) is 23.0 Å². The fourth-order valence-electron chi connectivity index (χ4n) is 18.4. The second-order valence-corrected chi connectivity index (χ2v) is 45.3. The number of aromatic nitrogens is 1. The molecular formula is C70H76N14O16S12. The molecule has 1 aromatic heterocycles. The van der Waals surface area contributed by atoms with Gasteiger partial charge in [0.2, 0.25) is 14.6 Å². The Hall–Kier alpha value is -5.58. The summed E-state index contributed by atoms with van der Waals surface area (Å²) in [7, 11) is 26.5. The number of benzene rings is 2. The number of para-hydroxylation sites is 2. The van der Waals surface area contributed by atoms with Crippen molar-refractivity contribution < 1.29 is 78.0 Å². The summed E-state index contributed by atoms with van der Waals surface area (Å²) in [6.45, 7) is 8.18. The minimum atomic E-state index is -1.43. The van der Waals surface area contributed by atoms with Gasteiger partial charge in [0.05, 0.1) is 32.0 Å². The molecule has 12 amide bonds. The Kier molecular flexibility index (Phi) is 19.6. The number of likely N-dealkylation sites (N-methyl/N-ethyl adjacent to an activating group) is 6. The molecule has 24 heterocycles. The van der Waals surface area contributed by atoms with Gasteiger partial charge in [-0.3, -0.25) is 62.4 Å². The third-order valence-electron chi connectivity index (χ3n) is 24.5. The Morgan fingerprint density at radius 1 is 0.518 bits per heavy atom. The molecule has 3 aromatic rings. The zero-order chi connectivity index (χ0) is 79.4. The molecule has 2 aromatic carbocycles. The van der Waals surface area contributed by atoms with Gasteiger partial charge in [-0.1, -0.05) is 164 Å². The Balaban J connectivity index is 0.000000115. The van der Waals surface area contributed by atoms with Gasteiger partial charge < -0.3 is 84.2 Å². The van der Waals surface area contributed by atoms with Crippen LogP contribution in [0.5, 0.6) is 0 Å². The summed E-state index contributed by atoms with van der Waals surface area (Å²) in [5, 5.41) is 43.8. The second-order valence-electron chi connectivity index (χ2n) is 29.7. The van der Waals surface area contributed by atoms with Crippen LogP contribution in [-0.4, -0.2) is 322 Å². The summed E-state index contributed by atoms with van der Waals surface area (Å²) < 4.78 is 2.16. The number of anilines is 1. The summed E-state index contributed by atoms with van der Waals surface area (Å²) in [5.41, 5.74) is 3.44. The largest absolute Gasteiger partial charge is 0.392 e. The molecule has 0 saturated carbocycles. The molecule has 0 radical (unpaired) electrons. The van der Waals surface area contributed by atoms with Crippen LogP contribution in [0.15, 0.2) is 104 Å². The number of carbonyl (C=O) groups is 12. The van der Waals surface area contributed by atoms with Crippen LogP contribution in [0, 0.1) is 0 Å². The Labute approximate surface area is 690 Å². The standard InChI is InChI=1S/C31H30N6O6S4.C13H14N2O4S2.2C10H12N2O2S2.C6H8N2O2S2/c1-33-25(42)30(15-38)34(2)23(40)28(33,44-46-30)12-17-13-36(21-11-7-4-8-18(17)21)27-14-29-24(41)35(3)31(16-39,47-45-29)26(43)37(29)22(27)32-20-10-6-5-9-19(20)27;1-14-10(18)12-5-7-3-2-4-8(17)9(7)15(12)11(19)13(14,6-16)21-20-12;13-7-9-3-1-5-11(9)8(14)10(16-15-9)4-2-6-12(7)10;1-3-5-11-7(13)10-12(6-4-2)8(14)9(11)15-16-10;1-7-3(9)6-8(2)4(10)5(7)11-12-6/h4-11,13,22,32,38-39H,12,14-16H2,1-3H3;2-4,8-9,16-17H,5-6H2,1H3;1-6H2;3-4,9-10H,1-2,5-6H2;5-6H,1-2H3. The zero-order valence-electron chi connectivity index (χ0n) is 60.8. The number of nitrogens with zero attached hydrogens (tertiary/aromatic N) is 13. The van der Waals surface area contributed by atoms with Gasteiger partial charge in [-0.15, -0.1) is 13.2 Å². The maximum absolute atomic E-state index is 14.4. The number of hydrogen-bond donors (Lipinski definition) is 5. The van der Waals surface area contributed by atoms with Crippen LogP contribution in [0.4, 0.5) is 5.69 Å². The van der Waals surface area contributed by atoms with Crippen molar-refractivity contribution in [2.75, 3.05) is 93.6 Å². The monoisotopic (exact) mass is 1750 g/mol. The maximum Gasteiger partial charge on any atom is 0.265 e. The number of piperazine rings is 6. The number of carbonyl (C=O) groups excluding carboxylic acids is 12. The van der Waals surface area contributed by atoms with E-state index in [1.54, 1.807) is 103 Å². The van der Waals surface area contributed by atoms with E-state index in [1.807, 2.05) is 70.6 Å². The van der Waals surface area contributed by atoms with E-state index < -0.39 is 93.4 Å². The van der Waals surface area contributed by atoms with Gasteiger partial charge in [0.25, 0.3) is 70.9 Å². The summed E-state index contributed by atoms with van der Waals surface area (Å²) in [5.74, 6) is -1.13. The molecule has 27 rings (SSSR count). The van der Waals surface area contributed by atoms with E-state index in [0.29, 0.717) is 19.5 Å². The van der Waals surface area contributed by atoms with Crippen LogP contribution in [0.2, 0.25) is 0 Å². The summed E-state index contributed by atoms with van der Waals surface area (Å²) in [4.78, 5) is 164. The molecule has 5 N–H and O–H groups in total. The van der Waals surface area contributed by atoms with Gasteiger partial charge in [0.15, 0.2) is 45.9 Å². The highest BCUT2D eigenvalue weighted by Crippen LogP contribution is 2.71. The van der Waals surface area contributed by atoms with E-state index in [1.165, 1.54) is 142 Å². The number of rotatable bonds is 10. The van der Waals surface area contributed by atoms with Crippen LogP contribution in [0.1, 0.15) is 49.7 Å².